The molecule has 1 heterocycles. The van der Waals surface area contributed by atoms with E-state index in [-0.39, 0.29) is 12.2 Å². The molecule has 166 valence electrons. The van der Waals surface area contributed by atoms with Gasteiger partial charge in [0.05, 0.1) is 22.8 Å². The molecule has 0 aromatic heterocycles. The van der Waals surface area contributed by atoms with Gasteiger partial charge >= 0.3 is 0 Å². The Hall–Kier alpha value is -2.34. The molecule has 1 aliphatic carbocycles. The lowest BCUT2D eigenvalue weighted by molar-refractivity contribution is -0.122. The third-order valence-corrected chi connectivity index (χ3v) is 5.57. The highest BCUT2D eigenvalue weighted by Gasteiger charge is 2.35. The number of rotatable bonds is 7. The molecule has 31 heavy (non-hydrogen) atoms. The minimum Gasteiger partial charge on any atom is -0.389 e. The molecule has 6 heteroatoms. The van der Waals surface area contributed by atoms with Crippen LogP contribution in [0.3, 0.4) is 0 Å². The van der Waals surface area contributed by atoms with E-state index in [1.165, 1.54) is 11.6 Å². The second-order valence-corrected chi connectivity index (χ2v) is 9.41. The number of ketones is 1. The Labute approximate surface area is 184 Å². The fourth-order valence-corrected chi connectivity index (χ4v) is 3.77. The molecule has 0 amide bonds. The maximum absolute atomic E-state index is 12.8. The molecule has 1 aromatic carbocycles. The highest BCUT2D eigenvalue weighted by molar-refractivity contribution is 6.00. The molecule has 1 fully saturated rings. The maximum Gasteiger partial charge on any atom is 0.165 e. The first-order valence-corrected chi connectivity index (χ1v) is 10.8. The van der Waals surface area contributed by atoms with E-state index in [9.17, 15) is 14.7 Å². The first kappa shape index (κ1) is 23.3. The van der Waals surface area contributed by atoms with Gasteiger partial charge in [-0.25, -0.2) is 4.79 Å². The average Bonchev–Trinajstić information content (AvgIpc) is 2.74. The zero-order valence-corrected chi connectivity index (χ0v) is 18.6. The standard InChI is InChI=1S/C25H32N2O4/c1-24(2,3)31-26-22-10-9-20(15-21(22)18-28)23(29)16-25(30)11-13-27(14-12-25)17-19-7-5-4-6-8-19/h4-10,15,22,26,30H,11-14,16-17H2,1-3H3. The van der Waals surface area contributed by atoms with Crippen LogP contribution in [0.4, 0.5) is 0 Å². The van der Waals surface area contributed by atoms with Crippen molar-refractivity contribution in [3.63, 3.8) is 0 Å². The minimum atomic E-state index is -1.02. The fraction of sp³-hybridized carbons (Fsp3) is 0.480. The number of aliphatic hydroxyl groups is 1. The highest BCUT2D eigenvalue weighted by Crippen LogP contribution is 2.29. The van der Waals surface area contributed by atoms with Crippen LogP contribution in [0.15, 0.2) is 59.7 Å². The summed E-state index contributed by atoms with van der Waals surface area (Å²) in [6, 6.07) is 9.78. The number of piperidine rings is 1. The van der Waals surface area contributed by atoms with Crippen molar-refractivity contribution in [1.29, 1.82) is 0 Å². The van der Waals surface area contributed by atoms with Gasteiger partial charge in [-0.1, -0.05) is 42.5 Å². The third-order valence-electron chi connectivity index (χ3n) is 5.57. The Morgan fingerprint density at radius 2 is 1.94 bits per heavy atom. The third kappa shape index (κ3) is 6.82. The maximum atomic E-state index is 12.8. The zero-order chi connectivity index (χ0) is 22.5. The smallest absolute Gasteiger partial charge is 0.165 e. The number of Topliss-reactive ketones (excluding diaryl/α,β-unsaturated/α-hetero) is 1. The van der Waals surface area contributed by atoms with Crippen molar-refractivity contribution in [2.75, 3.05) is 13.1 Å². The molecule has 0 saturated carbocycles. The largest absolute Gasteiger partial charge is 0.389 e. The monoisotopic (exact) mass is 424 g/mol. The van der Waals surface area contributed by atoms with Crippen molar-refractivity contribution in [3.8, 4) is 0 Å². The second-order valence-electron chi connectivity index (χ2n) is 9.41. The van der Waals surface area contributed by atoms with E-state index in [0.717, 1.165) is 19.6 Å². The minimum absolute atomic E-state index is 0.0467. The summed E-state index contributed by atoms with van der Waals surface area (Å²) in [6.45, 7) is 8.01. The van der Waals surface area contributed by atoms with Crippen LogP contribution in [0.2, 0.25) is 0 Å². The summed E-state index contributed by atoms with van der Waals surface area (Å²) in [5.74, 6) is 1.72. The predicted molar refractivity (Wildman–Crippen MR) is 120 cm³/mol. The van der Waals surface area contributed by atoms with E-state index in [1.807, 2.05) is 44.9 Å². The Balaban J connectivity index is 1.54. The van der Waals surface area contributed by atoms with Crippen LogP contribution in [-0.2, 0) is 21.0 Å². The summed E-state index contributed by atoms with van der Waals surface area (Å²) >= 11 is 0. The van der Waals surface area contributed by atoms with Crippen LogP contribution in [0.25, 0.3) is 0 Å². The Morgan fingerprint density at radius 1 is 1.26 bits per heavy atom. The van der Waals surface area contributed by atoms with E-state index in [4.69, 9.17) is 4.84 Å². The molecule has 0 spiro atoms. The molecule has 1 aromatic rings. The fourth-order valence-electron chi connectivity index (χ4n) is 3.77. The van der Waals surface area contributed by atoms with Crippen molar-refractivity contribution >= 4 is 11.7 Å². The van der Waals surface area contributed by atoms with Gasteiger partial charge < -0.3 is 5.11 Å². The number of hydrogen-bond acceptors (Lipinski definition) is 6. The average molecular weight is 425 g/mol. The van der Waals surface area contributed by atoms with Gasteiger partial charge in [0.25, 0.3) is 0 Å². The van der Waals surface area contributed by atoms with Gasteiger partial charge in [0.2, 0.25) is 0 Å². The summed E-state index contributed by atoms with van der Waals surface area (Å²) in [6.07, 6.45) is 6.07. The topological polar surface area (TPSA) is 78.9 Å². The SMILES string of the molecule is CC(C)(C)ONC1C=CC(C(=O)CC2(O)CCN(Cc3ccccc3)CC2)=CC1=C=O. The van der Waals surface area contributed by atoms with Crippen LogP contribution >= 0.6 is 0 Å². The summed E-state index contributed by atoms with van der Waals surface area (Å²) < 4.78 is 0. The molecule has 1 atom stereocenters. The lowest BCUT2D eigenvalue weighted by atomic mass is 9.83. The molecule has 1 saturated heterocycles. The van der Waals surface area contributed by atoms with E-state index < -0.39 is 17.2 Å². The van der Waals surface area contributed by atoms with Gasteiger partial charge in [0, 0.05) is 31.6 Å². The molecule has 1 aliphatic heterocycles. The van der Waals surface area contributed by atoms with Crippen molar-refractivity contribution < 1.29 is 19.5 Å². The van der Waals surface area contributed by atoms with E-state index in [2.05, 4.69) is 22.5 Å². The number of benzene rings is 1. The number of hydroxylamine groups is 1. The van der Waals surface area contributed by atoms with E-state index in [0.29, 0.717) is 24.0 Å². The Kier molecular flexibility index (Phi) is 7.42. The Bertz CT molecular complexity index is 884. The summed E-state index contributed by atoms with van der Waals surface area (Å²) in [4.78, 5) is 32.1. The van der Waals surface area contributed by atoms with Gasteiger partial charge in [-0.05, 0) is 45.3 Å². The second kappa shape index (κ2) is 9.86. The number of hydrogen-bond donors (Lipinski definition) is 2. The van der Waals surface area contributed by atoms with Crippen LogP contribution in [0.5, 0.6) is 0 Å². The van der Waals surface area contributed by atoms with Crippen LogP contribution in [-0.4, -0.2) is 52.1 Å². The van der Waals surface area contributed by atoms with Crippen molar-refractivity contribution in [2.24, 2.45) is 0 Å². The zero-order valence-electron chi connectivity index (χ0n) is 18.6. The van der Waals surface area contributed by atoms with Crippen LogP contribution in [0.1, 0.15) is 45.6 Å². The summed E-state index contributed by atoms with van der Waals surface area (Å²) in [5.41, 5.74) is 3.36. The number of nitrogens with zero attached hydrogens (tertiary/aromatic N) is 1. The molecule has 0 bridgehead atoms. The molecule has 0 radical (unpaired) electrons. The van der Waals surface area contributed by atoms with Crippen molar-refractivity contribution in [3.05, 3.63) is 65.3 Å². The molecule has 6 nitrogen and oxygen atoms in total. The highest BCUT2D eigenvalue weighted by atomic mass is 16.7. The normalized spacial score (nSPS) is 21.5. The number of allylic oxidation sites excluding steroid dienone is 2. The molecule has 1 unspecified atom stereocenters. The van der Waals surface area contributed by atoms with Gasteiger partial charge in [-0.3, -0.25) is 14.5 Å². The van der Waals surface area contributed by atoms with Gasteiger partial charge in [-0.15, -0.1) is 0 Å². The van der Waals surface area contributed by atoms with Crippen LogP contribution < -0.4 is 5.48 Å². The van der Waals surface area contributed by atoms with E-state index in [1.54, 1.807) is 12.2 Å². The lowest BCUT2D eigenvalue weighted by Gasteiger charge is -2.38. The Morgan fingerprint density at radius 3 is 2.55 bits per heavy atom. The molecule has 2 aliphatic rings. The summed E-state index contributed by atoms with van der Waals surface area (Å²) in [5, 5.41) is 11.0. The molecule has 2 N–H and O–H groups in total. The van der Waals surface area contributed by atoms with Gasteiger partial charge in [0.15, 0.2) is 5.78 Å². The molecule has 3 rings (SSSR count). The molecular weight excluding hydrogens is 392 g/mol. The van der Waals surface area contributed by atoms with Crippen molar-refractivity contribution in [1.82, 2.24) is 10.4 Å². The predicted octanol–water partition coefficient (Wildman–Crippen LogP) is 2.92. The summed E-state index contributed by atoms with van der Waals surface area (Å²) in [7, 11) is 0. The van der Waals surface area contributed by atoms with Crippen LogP contribution in [0, 0.1) is 0 Å². The van der Waals surface area contributed by atoms with E-state index >= 15 is 0 Å². The number of carbonyl (C=O) groups excluding carboxylic acids is 2. The lowest BCUT2D eigenvalue weighted by Crippen LogP contribution is -2.45. The number of likely N-dealkylation sites (tertiary alicyclic amines) is 1. The molecular formula is C25H32N2O4. The number of nitrogens with one attached hydrogen (secondary N) is 1. The van der Waals surface area contributed by atoms with Gasteiger partial charge in [-0.2, -0.15) is 5.48 Å². The quantitative estimate of drug-likeness (QED) is 0.518. The van der Waals surface area contributed by atoms with Gasteiger partial charge in [0.1, 0.15) is 5.94 Å². The first-order chi connectivity index (χ1) is 14.7. The number of carbonyl (C=O) groups is 1. The van der Waals surface area contributed by atoms with Crippen molar-refractivity contribution in [2.45, 2.75) is 63.8 Å². The first-order valence-electron chi connectivity index (χ1n) is 10.8.